The van der Waals surface area contributed by atoms with Gasteiger partial charge in [-0.2, -0.15) is 0 Å². The van der Waals surface area contributed by atoms with E-state index in [9.17, 15) is 0 Å². The number of nitrogens with two attached hydrogens (primary N) is 1. The van der Waals surface area contributed by atoms with E-state index in [1.165, 1.54) is 0 Å². The molecule has 2 rings (SSSR count). The summed E-state index contributed by atoms with van der Waals surface area (Å²) in [7, 11) is 0. The van der Waals surface area contributed by atoms with Gasteiger partial charge < -0.3 is 10.5 Å². The summed E-state index contributed by atoms with van der Waals surface area (Å²) in [6.45, 7) is 2.54. The quantitative estimate of drug-likeness (QED) is 0.796. The topological polar surface area (TPSA) is 35.2 Å². The van der Waals surface area contributed by atoms with Crippen LogP contribution in [0, 0.1) is 6.92 Å². The smallest absolute Gasteiger partial charge is 0.120 e. The van der Waals surface area contributed by atoms with Gasteiger partial charge in [0, 0.05) is 14.6 Å². The fourth-order valence-electron chi connectivity index (χ4n) is 1.63. The normalized spacial score (nSPS) is 10.4. The molecule has 0 bridgehead atoms. The molecule has 0 saturated heterocycles. The summed E-state index contributed by atoms with van der Waals surface area (Å²) in [6.07, 6.45) is 0. The predicted octanol–water partition coefficient (Wildman–Crippen LogP) is 4.68. The van der Waals surface area contributed by atoms with Crippen LogP contribution in [0.5, 0.6) is 5.75 Å². The van der Waals surface area contributed by atoms with Gasteiger partial charge >= 0.3 is 0 Å². The van der Waals surface area contributed by atoms with E-state index < -0.39 is 0 Å². The monoisotopic (exact) mass is 369 g/mol. The lowest BCUT2D eigenvalue weighted by Gasteiger charge is -2.09. The van der Waals surface area contributed by atoms with Gasteiger partial charge in [0.1, 0.15) is 12.4 Å². The molecule has 0 spiro atoms. The van der Waals surface area contributed by atoms with Crippen LogP contribution >= 0.6 is 31.9 Å². The summed E-state index contributed by atoms with van der Waals surface area (Å²) < 4.78 is 7.79. The molecule has 2 aromatic rings. The highest BCUT2D eigenvalue weighted by Crippen LogP contribution is 2.23. The second kappa shape index (κ2) is 5.76. The molecule has 2 aromatic carbocycles. The fourth-order valence-corrected chi connectivity index (χ4v) is 2.44. The van der Waals surface area contributed by atoms with Crippen molar-refractivity contribution in [3.63, 3.8) is 0 Å². The Hall–Kier alpha value is -1.000. The molecule has 0 aliphatic heterocycles. The lowest BCUT2D eigenvalue weighted by molar-refractivity contribution is 0.306. The molecule has 0 aromatic heterocycles. The Labute approximate surface area is 123 Å². The van der Waals surface area contributed by atoms with E-state index in [1.54, 1.807) is 0 Å². The molecule has 0 aliphatic carbocycles. The minimum absolute atomic E-state index is 0.505. The Morgan fingerprint density at radius 3 is 2.56 bits per heavy atom. The van der Waals surface area contributed by atoms with Gasteiger partial charge in [0.15, 0.2) is 0 Å². The Morgan fingerprint density at radius 1 is 1.11 bits per heavy atom. The number of anilines is 1. The Bertz CT molecular complexity index is 549. The maximum Gasteiger partial charge on any atom is 0.120 e. The molecule has 0 atom stereocenters. The van der Waals surface area contributed by atoms with E-state index in [1.807, 2.05) is 43.3 Å². The van der Waals surface area contributed by atoms with Crippen molar-refractivity contribution in [3.8, 4) is 5.75 Å². The SMILES string of the molecule is Cc1cc(OCc2cc(N)cc(Br)c2)ccc1Br. The van der Waals surface area contributed by atoms with E-state index in [2.05, 4.69) is 31.9 Å². The van der Waals surface area contributed by atoms with Crippen LogP contribution in [0.2, 0.25) is 0 Å². The standard InChI is InChI=1S/C14H13Br2NO/c1-9-4-13(2-3-14(9)16)18-8-10-5-11(15)7-12(17)6-10/h2-7H,8,17H2,1H3. The molecule has 2 nitrogen and oxygen atoms in total. The van der Waals surface area contributed by atoms with Crippen molar-refractivity contribution in [3.05, 3.63) is 56.5 Å². The van der Waals surface area contributed by atoms with Crippen LogP contribution in [0.1, 0.15) is 11.1 Å². The first-order valence-corrected chi connectivity index (χ1v) is 7.07. The second-order valence-electron chi connectivity index (χ2n) is 4.09. The Kier molecular flexibility index (Phi) is 4.30. The van der Waals surface area contributed by atoms with Crippen LogP contribution in [0.25, 0.3) is 0 Å². The number of halogens is 2. The molecule has 0 amide bonds. The van der Waals surface area contributed by atoms with Gasteiger partial charge in [-0.3, -0.25) is 0 Å². The van der Waals surface area contributed by atoms with Crippen LogP contribution in [0.4, 0.5) is 5.69 Å². The molecule has 0 unspecified atom stereocenters. The van der Waals surface area contributed by atoms with Gasteiger partial charge in [-0.25, -0.2) is 0 Å². The van der Waals surface area contributed by atoms with Gasteiger partial charge in [0.2, 0.25) is 0 Å². The number of ether oxygens (including phenoxy) is 1. The summed E-state index contributed by atoms with van der Waals surface area (Å²) in [6, 6.07) is 11.7. The highest BCUT2D eigenvalue weighted by atomic mass is 79.9. The van der Waals surface area contributed by atoms with Crippen LogP contribution in [-0.2, 0) is 6.61 Å². The molecule has 18 heavy (non-hydrogen) atoms. The molecule has 4 heteroatoms. The average molecular weight is 371 g/mol. The van der Waals surface area contributed by atoms with E-state index in [0.29, 0.717) is 6.61 Å². The zero-order valence-corrected chi connectivity index (χ0v) is 13.1. The second-order valence-corrected chi connectivity index (χ2v) is 5.86. The summed E-state index contributed by atoms with van der Waals surface area (Å²) in [5.74, 6) is 0.856. The third-order valence-corrected chi connectivity index (χ3v) is 3.86. The summed E-state index contributed by atoms with van der Waals surface area (Å²) in [5, 5.41) is 0. The summed E-state index contributed by atoms with van der Waals surface area (Å²) in [4.78, 5) is 0. The number of hydrogen-bond acceptors (Lipinski definition) is 2. The van der Waals surface area contributed by atoms with Crippen LogP contribution in [0.15, 0.2) is 45.3 Å². The van der Waals surface area contributed by atoms with Gasteiger partial charge in [-0.05, 0) is 54.4 Å². The molecule has 0 heterocycles. The van der Waals surface area contributed by atoms with Crippen LogP contribution < -0.4 is 10.5 Å². The van der Waals surface area contributed by atoms with Crippen molar-refractivity contribution in [1.82, 2.24) is 0 Å². The van der Waals surface area contributed by atoms with E-state index in [-0.39, 0.29) is 0 Å². The number of aryl methyl sites for hydroxylation is 1. The minimum Gasteiger partial charge on any atom is -0.489 e. The van der Waals surface area contributed by atoms with E-state index in [4.69, 9.17) is 10.5 Å². The molecular weight excluding hydrogens is 358 g/mol. The molecule has 0 fully saturated rings. The van der Waals surface area contributed by atoms with Gasteiger partial charge in [0.25, 0.3) is 0 Å². The van der Waals surface area contributed by atoms with E-state index >= 15 is 0 Å². The van der Waals surface area contributed by atoms with Crippen molar-refractivity contribution in [1.29, 1.82) is 0 Å². The largest absolute Gasteiger partial charge is 0.489 e. The van der Waals surface area contributed by atoms with Crippen molar-refractivity contribution in [2.45, 2.75) is 13.5 Å². The van der Waals surface area contributed by atoms with Crippen molar-refractivity contribution in [2.24, 2.45) is 0 Å². The highest BCUT2D eigenvalue weighted by molar-refractivity contribution is 9.10. The number of rotatable bonds is 3. The average Bonchev–Trinajstić information content (AvgIpc) is 2.29. The maximum atomic E-state index is 5.78. The highest BCUT2D eigenvalue weighted by Gasteiger charge is 2.01. The van der Waals surface area contributed by atoms with Gasteiger partial charge in [-0.1, -0.05) is 31.9 Å². The number of benzene rings is 2. The number of nitrogen functional groups attached to an aromatic ring is 1. The van der Waals surface area contributed by atoms with Crippen LogP contribution in [0.3, 0.4) is 0 Å². The van der Waals surface area contributed by atoms with Crippen molar-refractivity contribution >= 4 is 37.5 Å². The Balaban J connectivity index is 2.08. The zero-order valence-electron chi connectivity index (χ0n) is 9.91. The van der Waals surface area contributed by atoms with Crippen LogP contribution in [-0.4, -0.2) is 0 Å². The third kappa shape index (κ3) is 3.50. The summed E-state index contributed by atoms with van der Waals surface area (Å²) >= 11 is 6.88. The molecule has 2 N–H and O–H groups in total. The number of hydrogen-bond donors (Lipinski definition) is 1. The maximum absolute atomic E-state index is 5.78. The molecule has 0 aliphatic rings. The molecule has 0 radical (unpaired) electrons. The van der Waals surface area contributed by atoms with Crippen molar-refractivity contribution in [2.75, 3.05) is 5.73 Å². The van der Waals surface area contributed by atoms with Gasteiger partial charge in [0.05, 0.1) is 0 Å². The molecular formula is C14H13Br2NO. The van der Waals surface area contributed by atoms with E-state index in [0.717, 1.165) is 31.5 Å². The zero-order chi connectivity index (χ0) is 13.1. The minimum atomic E-state index is 0.505. The lowest BCUT2D eigenvalue weighted by atomic mass is 10.2. The molecule has 94 valence electrons. The van der Waals surface area contributed by atoms with Crippen molar-refractivity contribution < 1.29 is 4.74 Å². The first-order chi connectivity index (χ1) is 8.54. The van der Waals surface area contributed by atoms with Gasteiger partial charge in [-0.15, -0.1) is 0 Å². The lowest BCUT2D eigenvalue weighted by Crippen LogP contribution is -1.97. The predicted molar refractivity (Wildman–Crippen MR) is 81.8 cm³/mol. The fraction of sp³-hybridized carbons (Fsp3) is 0.143. The first kappa shape index (κ1) is 13.4. The Morgan fingerprint density at radius 2 is 1.89 bits per heavy atom. The summed E-state index contributed by atoms with van der Waals surface area (Å²) in [5.41, 5.74) is 8.71. The first-order valence-electron chi connectivity index (χ1n) is 5.48. The third-order valence-electron chi connectivity index (χ3n) is 2.51. The molecule has 0 saturated carbocycles.